The van der Waals surface area contributed by atoms with Crippen LogP contribution >= 0.6 is 0 Å². The van der Waals surface area contributed by atoms with E-state index in [0.717, 1.165) is 23.1 Å². The van der Waals surface area contributed by atoms with Gasteiger partial charge in [0.15, 0.2) is 0 Å². The van der Waals surface area contributed by atoms with Crippen molar-refractivity contribution in [3.8, 4) is 6.07 Å². The molecular formula is C11H10N. The molecular weight excluding hydrogens is 146 g/mol. The SMILES string of the molecule is C=[C]c1cccc(C#N)c1CC. The lowest BCUT2D eigenvalue weighted by Crippen LogP contribution is -1.91. The van der Waals surface area contributed by atoms with Gasteiger partial charge in [0.2, 0.25) is 0 Å². The largest absolute Gasteiger partial charge is 0.192 e. The fraction of sp³-hybridized carbons (Fsp3) is 0.182. The fourth-order valence-corrected chi connectivity index (χ4v) is 1.24. The van der Waals surface area contributed by atoms with E-state index in [9.17, 15) is 0 Å². The van der Waals surface area contributed by atoms with E-state index in [-0.39, 0.29) is 0 Å². The Labute approximate surface area is 73.0 Å². The van der Waals surface area contributed by atoms with Gasteiger partial charge in [0.25, 0.3) is 0 Å². The van der Waals surface area contributed by atoms with Crippen LogP contribution in [0.25, 0.3) is 0 Å². The van der Waals surface area contributed by atoms with E-state index in [1.54, 1.807) is 0 Å². The lowest BCUT2D eigenvalue weighted by atomic mass is 10.00. The minimum absolute atomic E-state index is 0.728. The van der Waals surface area contributed by atoms with Crippen molar-refractivity contribution in [2.45, 2.75) is 13.3 Å². The highest BCUT2D eigenvalue weighted by atomic mass is 14.2. The molecule has 1 heteroatoms. The molecule has 59 valence electrons. The molecule has 0 unspecified atom stereocenters. The molecule has 0 bridgehead atoms. The monoisotopic (exact) mass is 156 g/mol. The zero-order valence-corrected chi connectivity index (χ0v) is 7.09. The summed E-state index contributed by atoms with van der Waals surface area (Å²) in [7, 11) is 0. The Bertz CT molecular complexity index is 331. The Morgan fingerprint density at radius 1 is 1.42 bits per heavy atom. The lowest BCUT2D eigenvalue weighted by molar-refractivity contribution is 1.11. The van der Waals surface area contributed by atoms with Crippen LogP contribution in [0, 0.1) is 17.4 Å². The van der Waals surface area contributed by atoms with Crippen molar-refractivity contribution in [1.82, 2.24) is 0 Å². The molecule has 0 aromatic heterocycles. The van der Waals surface area contributed by atoms with Gasteiger partial charge in [-0.1, -0.05) is 25.6 Å². The standard InChI is InChI=1S/C11H10N/c1-3-9-6-5-7-10(8-12)11(9)4-2/h5-7H,1,4H2,2H3. The van der Waals surface area contributed by atoms with Crippen LogP contribution in [0.2, 0.25) is 0 Å². The van der Waals surface area contributed by atoms with Crippen LogP contribution < -0.4 is 0 Å². The maximum Gasteiger partial charge on any atom is 0.0994 e. The van der Waals surface area contributed by atoms with E-state index >= 15 is 0 Å². The van der Waals surface area contributed by atoms with Gasteiger partial charge in [-0.05, 0) is 29.7 Å². The van der Waals surface area contributed by atoms with Crippen LogP contribution in [0.4, 0.5) is 0 Å². The molecule has 0 aliphatic heterocycles. The highest BCUT2D eigenvalue weighted by molar-refractivity contribution is 5.44. The van der Waals surface area contributed by atoms with Gasteiger partial charge in [0, 0.05) is 0 Å². The molecule has 1 nitrogen and oxygen atoms in total. The van der Waals surface area contributed by atoms with Gasteiger partial charge >= 0.3 is 0 Å². The second-order valence-electron chi connectivity index (χ2n) is 2.47. The van der Waals surface area contributed by atoms with Crippen LogP contribution in [-0.2, 0) is 6.42 Å². The van der Waals surface area contributed by atoms with Crippen LogP contribution in [0.15, 0.2) is 24.8 Å². The summed E-state index contributed by atoms with van der Waals surface area (Å²) in [6.45, 7) is 5.61. The van der Waals surface area contributed by atoms with Crippen molar-refractivity contribution in [3.05, 3.63) is 47.5 Å². The summed E-state index contributed by atoms with van der Waals surface area (Å²) >= 11 is 0. The summed E-state index contributed by atoms with van der Waals surface area (Å²) in [6, 6.07) is 7.75. The van der Waals surface area contributed by atoms with Crippen LogP contribution in [0.5, 0.6) is 0 Å². The first kappa shape index (κ1) is 8.55. The molecule has 0 saturated carbocycles. The van der Waals surface area contributed by atoms with Crippen molar-refractivity contribution in [2.75, 3.05) is 0 Å². The predicted octanol–water partition coefficient (Wildman–Crippen LogP) is 2.46. The molecule has 1 aromatic carbocycles. The number of nitrogens with zero attached hydrogens (tertiary/aromatic N) is 1. The second kappa shape index (κ2) is 3.73. The number of hydrogen-bond donors (Lipinski definition) is 0. The molecule has 1 radical (unpaired) electrons. The predicted molar refractivity (Wildman–Crippen MR) is 48.5 cm³/mol. The molecule has 1 rings (SSSR count). The van der Waals surface area contributed by atoms with Crippen molar-refractivity contribution in [2.24, 2.45) is 0 Å². The highest BCUT2D eigenvalue weighted by Gasteiger charge is 2.02. The van der Waals surface area contributed by atoms with E-state index in [4.69, 9.17) is 5.26 Å². The maximum atomic E-state index is 8.77. The van der Waals surface area contributed by atoms with Crippen molar-refractivity contribution in [3.63, 3.8) is 0 Å². The average molecular weight is 156 g/mol. The molecule has 0 atom stereocenters. The van der Waals surface area contributed by atoms with Gasteiger partial charge in [-0.3, -0.25) is 0 Å². The van der Waals surface area contributed by atoms with Crippen molar-refractivity contribution < 1.29 is 0 Å². The molecule has 0 aliphatic rings. The van der Waals surface area contributed by atoms with Gasteiger partial charge in [0.05, 0.1) is 11.6 Å². The number of rotatable bonds is 2. The average Bonchev–Trinajstić information content (AvgIpc) is 2.16. The molecule has 0 N–H and O–H groups in total. The minimum atomic E-state index is 0.728. The van der Waals surface area contributed by atoms with E-state index in [1.165, 1.54) is 0 Å². The first-order valence-corrected chi connectivity index (χ1v) is 3.88. The molecule has 0 amide bonds. The van der Waals surface area contributed by atoms with Crippen LogP contribution in [0.1, 0.15) is 23.6 Å². The normalized spacial score (nSPS) is 9.00. The fourth-order valence-electron chi connectivity index (χ4n) is 1.24. The zero-order chi connectivity index (χ0) is 8.97. The van der Waals surface area contributed by atoms with Gasteiger partial charge in [-0.25, -0.2) is 0 Å². The lowest BCUT2D eigenvalue weighted by Gasteiger charge is -2.03. The third kappa shape index (κ3) is 1.38. The van der Waals surface area contributed by atoms with E-state index in [1.807, 2.05) is 25.1 Å². The number of hydrogen-bond acceptors (Lipinski definition) is 1. The van der Waals surface area contributed by atoms with Gasteiger partial charge < -0.3 is 0 Å². The number of nitriles is 1. The summed E-state index contributed by atoms with van der Waals surface area (Å²) in [5.41, 5.74) is 2.71. The summed E-state index contributed by atoms with van der Waals surface area (Å²) in [4.78, 5) is 0. The molecule has 0 saturated heterocycles. The van der Waals surface area contributed by atoms with Crippen molar-refractivity contribution in [1.29, 1.82) is 5.26 Å². The first-order valence-electron chi connectivity index (χ1n) is 3.88. The van der Waals surface area contributed by atoms with Crippen LogP contribution in [-0.4, -0.2) is 0 Å². The van der Waals surface area contributed by atoms with E-state index in [0.29, 0.717) is 0 Å². The summed E-state index contributed by atoms with van der Waals surface area (Å²) < 4.78 is 0. The first-order chi connectivity index (χ1) is 5.83. The van der Waals surface area contributed by atoms with Gasteiger partial charge in [0.1, 0.15) is 0 Å². The topological polar surface area (TPSA) is 23.8 Å². The Kier molecular flexibility index (Phi) is 2.66. The quantitative estimate of drug-likeness (QED) is 0.645. The Morgan fingerprint density at radius 2 is 2.08 bits per heavy atom. The third-order valence-electron chi connectivity index (χ3n) is 1.84. The molecule has 12 heavy (non-hydrogen) atoms. The maximum absolute atomic E-state index is 8.77. The third-order valence-corrected chi connectivity index (χ3v) is 1.84. The van der Waals surface area contributed by atoms with Gasteiger partial charge in [-0.2, -0.15) is 5.26 Å². The molecule has 0 spiro atoms. The molecule has 0 fully saturated rings. The smallest absolute Gasteiger partial charge is 0.0994 e. The molecule has 1 aromatic rings. The number of benzene rings is 1. The minimum Gasteiger partial charge on any atom is -0.192 e. The Morgan fingerprint density at radius 3 is 2.58 bits per heavy atom. The molecule has 0 aliphatic carbocycles. The van der Waals surface area contributed by atoms with Crippen molar-refractivity contribution >= 4 is 0 Å². The van der Waals surface area contributed by atoms with E-state index in [2.05, 4.69) is 18.7 Å². The zero-order valence-electron chi connectivity index (χ0n) is 7.09. The molecule has 0 heterocycles. The highest BCUT2D eigenvalue weighted by Crippen LogP contribution is 2.14. The Balaban J connectivity index is 3.34. The van der Waals surface area contributed by atoms with Crippen LogP contribution in [0.3, 0.4) is 0 Å². The Hall–Kier alpha value is -1.55. The second-order valence-corrected chi connectivity index (χ2v) is 2.47. The summed E-state index contributed by atoms with van der Waals surface area (Å²) in [6.07, 6.45) is 3.67. The summed E-state index contributed by atoms with van der Waals surface area (Å²) in [5.74, 6) is 0. The van der Waals surface area contributed by atoms with E-state index < -0.39 is 0 Å². The summed E-state index contributed by atoms with van der Waals surface area (Å²) in [5, 5.41) is 8.77. The van der Waals surface area contributed by atoms with Gasteiger partial charge in [-0.15, -0.1) is 0 Å².